The van der Waals surface area contributed by atoms with Crippen LogP contribution < -0.4 is 0 Å². The maximum atomic E-state index is 13.4. The summed E-state index contributed by atoms with van der Waals surface area (Å²) < 4.78 is 13.4. The molecule has 0 N–H and O–H groups in total. The van der Waals surface area contributed by atoms with Crippen molar-refractivity contribution >= 4 is 6.29 Å². The molecule has 2 nitrogen and oxygen atoms in total. The maximum absolute atomic E-state index is 13.4. The van der Waals surface area contributed by atoms with Gasteiger partial charge in [-0.05, 0) is 12.1 Å². The highest BCUT2D eigenvalue weighted by molar-refractivity contribution is 5.77. The molecule has 0 bridgehead atoms. The third-order valence-electron chi connectivity index (χ3n) is 2.08. The summed E-state index contributed by atoms with van der Waals surface area (Å²) in [6.07, 6.45) is 3.67. The molecule has 0 aliphatic carbocycles. The molecule has 0 fully saturated rings. The first-order valence-electron chi connectivity index (χ1n) is 4.46. The second kappa shape index (κ2) is 4.00. The molecule has 74 valence electrons. The van der Waals surface area contributed by atoms with Crippen LogP contribution in [0.15, 0.2) is 42.7 Å². The predicted octanol–water partition coefficient (Wildman–Crippen LogP) is 2.70. The Hall–Kier alpha value is -2.03. The van der Waals surface area contributed by atoms with Gasteiger partial charge in [0, 0.05) is 29.1 Å². The van der Waals surface area contributed by atoms with Crippen molar-refractivity contribution in [2.75, 3.05) is 0 Å². The average molecular weight is 201 g/mol. The molecule has 0 saturated heterocycles. The average Bonchev–Trinajstić information content (AvgIpc) is 2.30. The van der Waals surface area contributed by atoms with Gasteiger partial charge in [0.1, 0.15) is 5.82 Å². The molecule has 2 aromatic rings. The molecule has 2 rings (SSSR count). The minimum absolute atomic E-state index is 0.317. The second-order valence-electron chi connectivity index (χ2n) is 3.10. The highest BCUT2D eigenvalue weighted by atomic mass is 19.1. The normalized spacial score (nSPS) is 9.93. The summed E-state index contributed by atoms with van der Waals surface area (Å²) in [6, 6.07) is 8.00. The van der Waals surface area contributed by atoms with Crippen LogP contribution in [0.25, 0.3) is 11.1 Å². The summed E-state index contributed by atoms with van der Waals surface area (Å²) in [7, 11) is 0. The van der Waals surface area contributed by atoms with Gasteiger partial charge in [-0.15, -0.1) is 0 Å². The second-order valence-corrected chi connectivity index (χ2v) is 3.10. The smallest absolute Gasteiger partial charge is 0.151 e. The van der Waals surface area contributed by atoms with Crippen LogP contribution in [0, 0.1) is 5.82 Å². The van der Waals surface area contributed by atoms with E-state index in [1.54, 1.807) is 24.3 Å². The molecule has 15 heavy (non-hydrogen) atoms. The zero-order chi connectivity index (χ0) is 10.7. The van der Waals surface area contributed by atoms with Crippen LogP contribution in [-0.4, -0.2) is 11.3 Å². The summed E-state index contributed by atoms with van der Waals surface area (Å²) in [6.45, 7) is 0. The number of hydrogen-bond acceptors (Lipinski definition) is 2. The lowest BCUT2D eigenvalue weighted by Gasteiger charge is -2.02. The summed E-state index contributed by atoms with van der Waals surface area (Å²) in [5, 5.41) is 0. The van der Waals surface area contributed by atoms with Crippen molar-refractivity contribution in [1.82, 2.24) is 4.98 Å². The number of pyridine rings is 1. The van der Waals surface area contributed by atoms with Gasteiger partial charge >= 0.3 is 0 Å². The Morgan fingerprint density at radius 3 is 2.73 bits per heavy atom. The molecule has 1 aromatic carbocycles. The van der Waals surface area contributed by atoms with Crippen LogP contribution in [0.5, 0.6) is 0 Å². The number of hydrogen-bond donors (Lipinski definition) is 0. The van der Waals surface area contributed by atoms with Gasteiger partial charge in [0.05, 0.1) is 0 Å². The van der Waals surface area contributed by atoms with Gasteiger partial charge in [-0.3, -0.25) is 9.78 Å². The van der Waals surface area contributed by atoms with Crippen molar-refractivity contribution in [1.29, 1.82) is 0 Å². The van der Waals surface area contributed by atoms with Crippen LogP contribution in [-0.2, 0) is 0 Å². The lowest BCUT2D eigenvalue weighted by Crippen LogP contribution is -1.88. The van der Waals surface area contributed by atoms with E-state index in [1.807, 2.05) is 0 Å². The Balaban J connectivity index is 2.54. The number of aldehydes is 1. The van der Waals surface area contributed by atoms with Crippen molar-refractivity contribution in [3.8, 4) is 11.1 Å². The first-order valence-corrected chi connectivity index (χ1v) is 4.46. The Morgan fingerprint density at radius 2 is 2.00 bits per heavy atom. The van der Waals surface area contributed by atoms with E-state index in [2.05, 4.69) is 4.98 Å². The van der Waals surface area contributed by atoms with Crippen LogP contribution in [0.4, 0.5) is 4.39 Å². The fourth-order valence-corrected chi connectivity index (χ4v) is 1.36. The number of rotatable bonds is 2. The van der Waals surface area contributed by atoms with Gasteiger partial charge in [-0.25, -0.2) is 4.39 Å². The number of carbonyl (C=O) groups excluding carboxylic acids is 1. The van der Waals surface area contributed by atoms with Crippen LogP contribution in [0.2, 0.25) is 0 Å². The van der Waals surface area contributed by atoms with Gasteiger partial charge in [0.15, 0.2) is 6.29 Å². The molecular weight excluding hydrogens is 193 g/mol. The minimum Gasteiger partial charge on any atom is -0.298 e. The Bertz CT molecular complexity index is 496. The van der Waals surface area contributed by atoms with Crippen molar-refractivity contribution in [3.63, 3.8) is 0 Å². The molecule has 0 radical (unpaired) electrons. The Kier molecular flexibility index (Phi) is 2.54. The van der Waals surface area contributed by atoms with Gasteiger partial charge in [-0.1, -0.05) is 18.2 Å². The van der Waals surface area contributed by atoms with E-state index in [-0.39, 0.29) is 5.82 Å². The molecule has 0 aliphatic rings. The summed E-state index contributed by atoms with van der Waals surface area (Å²) in [4.78, 5) is 14.4. The highest BCUT2D eigenvalue weighted by Gasteiger charge is 2.04. The van der Waals surface area contributed by atoms with E-state index in [4.69, 9.17) is 0 Å². The molecule has 0 amide bonds. The van der Waals surface area contributed by atoms with Crippen molar-refractivity contribution in [2.45, 2.75) is 0 Å². The van der Waals surface area contributed by atoms with Crippen molar-refractivity contribution in [3.05, 3.63) is 54.1 Å². The van der Waals surface area contributed by atoms with E-state index in [0.29, 0.717) is 23.0 Å². The van der Waals surface area contributed by atoms with Crippen LogP contribution in [0.1, 0.15) is 10.4 Å². The summed E-state index contributed by atoms with van der Waals surface area (Å²) in [5.74, 6) is -0.317. The zero-order valence-electron chi connectivity index (χ0n) is 7.85. The molecule has 0 aliphatic heterocycles. The number of nitrogens with zero attached hydrogens (tertiary/aromatic N) is 1. The molecule has 0 saturated carbocycles. The summed E-state index contributed by atoms with van der Waals surface area (Å²) in [5.41, 5.74) is 1.50. The van der Waals surface area contributed by atoms with Crippen LogP contribution >= 0.6 is 0 Å². The lowest BCUT2D eigenvalue weighted by molar-refractivity contribution is 0.112. The fourth-order valence-electron chi connectivity index (χ4n) is 1.36. The fraction of sp³-hybridized carbons (Fsp3) is 0. The molecule has 0 unspecified atom stereocenters. The molecule has 1 heterocycles. The first kappa shape index (κ1) is 9.52. The highest BCUT2D eigenvalue weighted by Crippen LogP contribution is 2.21. The van der Waals surface area contributed by atoms with E-state index >= 15 is 0 Å². The van der Waals surface area contributed by atoms with E-state index < -0.39 is 0 Å². The summed E-state index contributed by atoms with van der Waals surface area (Å²) >= 11 is 0. The SMILES string of the molecule is O=Cc1cncc(-c2ccccc2F)c1. The standard InChI is InChI=1S/C12H8FNO/c13-12-4-2-1-3-11(12)10-5-9(8-15)6-14-7-10/h1-8H. The molecular formula is C12H8FNO. The van der Waals surface area contributed by atoms with Gasteiger partial charge in [-0.2, -0.15) is 0 Å². The monoisotopic (exact) mass is 201 g/mol. The molecule has 1 aromatic heterocycles. The molecule has 0 spiro atoms. The predicted molar refractivity (Wildman–Crippen MR) is 55.0 cm³/mol. The van der Waals surface area contributed by atoms with E-state index in [0.717, 1.165) is 0 Å². The van der Waals surface area contributed by atoms with Crippen molar-refractivity contribution < 1.29 is 9.18 Å². The van der Waals surface area contributed by atoms with Crippen LogP contribution in [0.3, 0.4) is 0 Å². The van der Waals surface area contributed by atoms with E-state index in [9.17, 15) is 9.18 Å². The quantitative estimate of drug-likeness (QED) is 0.699. The number of benzene rings is 1. The molecule has 0 atom stereocenters. The third-order valence-corrected chi connectivity index (χ3v) is 2.08. The number of halogens is 1. The maximum Gasteiger partial charge on any atom is 0.151 e. The largest absolute Gasteiger partial charge is 0.298 e. The minimum atomic E-state index is -0.317. The number of aromatic nitrogens is 1. The van der Waals surface area contributed by atoms with Crippen molar-refractivity contribution in [2.24, 2.45) is 0 Å². The molecule has 3 heteroatoms. The van der Waals surface area contributed by atoms with Gasteiger partial charge in [0.2, 0.25) is 0 Å². The Labute approximate surface area is 86.4 Å². The lowest BCUT2D eigenvalue weighted by atomic mass is 10.1. The van der Waals surface area contributed by atoms with Gasteiger partial charge < -0.3 is 0 Å². The Morgan fingerprint density at radius 1 is 1.20 bits per heavy atom. The topological polar surface area (TPSA) is 30.0 Å². The number of carbonyl (C=O) groups is 1. The first-order chi connectivity index (χ1) is 7.31. The van der Waals surface area contributed by atoms with Gasteiger partial charge in [0.25, 0.3) is 0 Å². The van der Waals surface area contributed by atoms with E-state index in [1.165, 1.54) is 18.5 Å². The third kappa shape index (κ3) is 1.91. The zero-order valence-corrected chi connectivity index (χ0v) is 7.85.